The van der Waals surface area contributed by atoms with Crippen molar-refractivity contribution in [2.45, 2.75) is 11.3 Å². The number of fused-ring (bicyclic) bond motifs is 1. The third-order valence-electron chi connectivity index (χ3n) is 3.56. The first-order valence-corrected chi connectivity index (χ1v) is 9.21. The van der Waals surface area contributed by atoms with Gasteiger partial charge in [0, 0.05) is 31.0 Å². The van der Waals surface area contributed by atoms with Gasteiger partial charge in [-0.3, -0.25) is 9.20 Å². The van der Waals surface area contributed by atoms with Crippen molar-refractivity contribution >= 4 is 21.4 Å². The number of sulfone groups is 1. The molecule has 0 bridgehead atoms. The fraction of sp³-hybridized carbons (Fsp3) is 0.188. The van der Waals surface area contributed by atoms with E-state index in [0.29, 0.717) is 18.5 Å². The Labute approximate surface area is 139 Å². The van der Waals surface area contributed by atoms with Gasteiger partial charge < -0.3 is 5.32 Å². The largest absolute Gasteiger partial charge is 0.352 e. The number of amides is 1. The zero-order valence-corrected chi connectivity index (χ0v) is 13.8. The Hall–Kier alpha value is -2.74. The maximum absolute atomic E-state index is 12.1. The zero-order valence-electron chi connectivity index (χ0n) is 13.0. The van der Waals surface area contributed by atoms with Crippen LogP contribution in [0.1, 0.15) is 16.2 Å². The van der Waals surface area contributed by atoms with Crippen LogP contribution < -0.4 is 5.32 Å². The van der Waals surface area contributed by atoms with Crippen molar-refractivity contribution in [2.24, 2.45) is 0 Å². The lowest BCUT2D eigenvalue weighted by molar-refractivity contribution is 0.0954. The van der Waals surface area contributed by atoms with E-state index >= 15 is 0 Å². The molecular weight excluding hydrogens is 328 g/mol. The number of pyridine rings is 1. The van der Waals surface area contributed by atoms with Gasteiger partial charge in [0.2, 0.25) is 0 Å². The van der Waals surface area contributed by atoms with E-state index in [9.17, 15) is 13.2 Å². The second kappa shape index (κ2) is 6.40. The maximum atomic E-state index is 12.1. The van der Waals surface area contributed by atoms with Crippen molar-refractivity contribution in [3.63, 3.8) is 0 Å². The van der Waals surface area contributed by atoms with Crippen LogP contribution in [0.2, 0.25) is 0 Å². The summed E-state index contributed by atoms with van der Waals surface area (Å²) in [5.41, 5.74) is 1.17. The number of nitrogens with one attached hydrogen (secondary N) is 1. The Balaban J connectivity index is 1.61. The van der Waals surface area contributed by atoms with E-state index in [1.807, 2.05) is 28.8 Å². The molecule has 0 spiro atoms. The van der Waals surface area contributed by atoms with Crippen LogP contribution >= 0.6 is 0 Å². The molecule has 3 aromatic rings. The number of hydrogen-bond donors (Lipinski definition) is 1. The van der Waals surface area contributed by atoms with Crippen LogP contribution in [0.15, 0.2) is 53.6 Å². The lowest BCUT2D eigenvalue weighted by Gasteiger charge is -2.05. The minimum Gasteiger partial charge on any atom is -0.352 e. The normalized spacial score (nSPS) is 11.5. The fourth-order valence-electron chi connectivity index (χ4n) is 2.30. The van der Waals surface area contributed by atoms with Crippen molar-refractivity contribution in [3.05, 3.63) is 60.0 Å². The van der Waals surface area contributed by atoms with Crippen molar-refractivity contribution in [2.75, 3.05) is 12.8 Å². The zero-order chi connectivity index (χ0) is 17.2. The second-order valence-electron chi connectivity index (χ2n) is 5.35. The first-order chi connectivity index (χ1) is 11.4. The topological polar surface area (TPSA) is 93.4 Å². The van der Waals surface area contributed by atoms with Crippen molar-refractivity contribution in [1.29, 1.82) is 0 Å². The molecule has 0 radical (unpaired) electrons. The van der Waals surface area contributed by atoms with Gasteiger partial charge >= 0.3 is 0 Å². The van der Waals surface area contributed by atoms with Crippen LogP contribution in [-0.2, 0) is 16.3 Å². The van der Waals surface area contributed by atoms with Crippen LogP contribution in [-0.4, -0.2) is 41.7 Å². The van der Waals surface area contributed by atoms with Gasteiger partial charge in [-0.1, -0.05) is 6.07 Å². The summed E-state index contributed by atoms with van der Waals surface area (Å²) < 4.78 is 24.7. The number of carbonyl (C=O) groups excluding carboxylic acids is 1. The lowest BCUT2D eigenvalue weighted by Crippen LogP contribution is -2.26. The van der Waals surface area contributed by atoms with Crippen LogP contribution in [0, 0.1) is 0 Å². The van der Waals surface area contributed by atoms with Gasteiger partial charge in [-0.25, -0.2) is 8.42 Å². The predicted molar refractivity (Wildman–Crippen MR) is 88.6 cm³/mol. The lowest BCUT2D eigenvalue weighted by atomic mass is 10.2. The average Bonchev–Trinajstić information content (AvgIpc) is 2.97. The molecule has 0 fully saturated rings. The van der Waals surface area contributed by atoms with Crippen molar-refractivity contribution < 1.29 is 13.2 Å². The molecular formula is C16H16N4O3S. The predicted octanol–water partition coefficient (Wildman–Crippen LogP) is 1.11. The van der Waals surface area contributed by atoms with E-state index in [4.69, 9.17) is 0 Å². The second-order valence-corrected chi connectivity index (χ2v) is 7.36. The van der Waals surface area contributed by atoms with Crippen molar-refractivity contribution in [3.8, 4) is 0 Å². The Kier molecular flexibility index (Phi) is 4.30. The fourth-order valence-corrected chi connectivity index (χ4v) is 2.94. The summed E-state index contributed by atoms with van der Waals surface area (Å²) in [5.74, 6) is 0.502. The van der Waals surface area contributed by atoms with Gasteiger partial charge in [0.15, 0.2) is 15.5 Å². The molecule has 2 heterocycles. The van der Waals surface area contributed by atoms with E-state index in [1.165, 1.54) is 24.3 Å². The van der Waals surface area contributed by atoms with Crippen LogP contribution in [0.5, 0.6) is 0 Å². The molecule has 1 aromatic carbocycles. The molecule has 7 nitrogen and oxygen atoms in total. The number of carbonyl (C=O) groups is 1. The monoisotopic (exact) mass is 344 g/mol. The smallest absolute Gasteiger partial charge is 0.251 e. The summed E-state index contributed by atoms with van der Waals surface area (Å²) in [4.78, 5) is 12.3. The highest BCUT2D eigenvalue weighted by Crippen LogP contribution is 2.10. The van der Waals surface area contributed by atoms with E-state index < -0.39 is 9.84 Å². The molecule has 0 saturated heterocycles. The third-order valence-corrected chi connectivity index (χ3v) is 4.69. The molecule has 2 aromatic heterocycles. The molecule has 24 heavy (non-hydrogen) atoms. The Bertz CT molecular complexity index is 978. The summed E-state index contributed by atoms with van der Waals surface area (Å²) >= 11 is 0. The van der Waals surface area contributed by atoms with Gasteiger partial charge in [0.05, 0.1) is 4.90 Å². The van der Waals surface area contributed by atoms with Gasteiger partial charge in [-0.15, -0.1) is 10.2 Å². The molecule has 1 N–H and O–H groups in total. The van der Waals surface area contributed by atoms with E-state index in [-0.39, 0.29) is 10.8 Å². The Morgan fingerprint density at radius 1 is 1.12 bits per heavy atom. The SMILES string of the molecule is CS(=O)(=O)c1ccc(C(=O)NCCc2nnc3ccccn23)cc1. The first-order valence-electron chi connectivity index (χ1n) is 7.32. The number of aromatic nitrogens is 3. The molecule has 3 rings (SSSR count). The molecule has 0 aliphatic rings. The summed E-state index contributed by atoms with van der Waals surface area (Å²) in [6.45, 7) is 0.405. The molecule has 0 unspecified atom stereocenters. The highest BCUT2D eigenvalue weighted by atomic mass is 32.2. The Morgan fingerprint density at radius 2 is 1.88 bits per heavy atom. The summed E-state index contributed by atoms with van der Waals surface area (Å²) in [7, 11) is -3.26. The summed E-state index contributed by atoms with van der Waals surface area (Å²) in [5, 5.41) is 10.9. The van der Waals surface area contributed by atoms with Gasteiger partial charge in [0.25, 0.3) is 5.91 Å². The molecule has 0 saturated carbocycles. The highest BCUT2D eigenvalue weighted by molar-refractivity contribution is 7.90. The molecule has 1 amide bonds. The minimum atomic E-state index is -3.26. The number of benzene rings is 1. The quantitative estimate of drug-likeness (QED) is 0.748. The van der Waals surface area contributed by atoms with Gasteiger partial charge in [0.1, 0.15) is 5.82 Å². The standard InChI is InChI=1S/C16H16N4O3S/c1-24(22,23)13-7-5-12(6-8-13)16(21)17-10-9-15-19-18-14-4-2-3-11-20(14)15/h2-8,11H,9-10H2,1H3,(H,17,21). The molecule has 0 aliphatic carbocycles. The first kappa shape index (κ1) is 16.1. The van der Waals surface area contributed by atoms with Crippen LogP contribution in [0.4, 0.5) is 0 Å². The van der Waals surface area contributed by atoms with Gasteiger partial charge in [-0.2, -0.15) is 0 Å². The van der Waals surface area contributed by atoms with Crippen LogP contribution in [0.25, 0.3) is 5.65 Å². The summed E-state index contributed by atoms with van der Waals surface area (Å²) in [6.07, 6.45) is 3.54. The number of rotatable bonds is 5. The van der Waals surface area contributed by atoms with Gasteiger partial charge in [-0.05, 0) is 36.4 Å². The third kappa shape index (κ3) is 3.43. The Morgan fingerprint density at radius 3 is 2.58 bits per heavy atom. The summed E-state index contributed by atoms with van der Waals surface area (Å²) in [6, 6.07) is 11.5. The maximum Gasteiger partial charge on any atom is 0.251 e. The molecule has 0 aliphatic heterocycles. The van der Waals surface area contributed by atoms with E-state index in [1.54, 1.807) is 0 Å². The minimum absolute atomic E-state index is 0.189. The number of nitrogens with zero attached hydrogens (tertiary/aromatic N) is 3. The van der Waals surface area contributed by atoms with E-state index in [0.717, 1.165) is 17.7 Å². The van der Waals surface area contributed by atoms with Crippen LogP contribution in [0.3, 0.4) is 0 Å². The highest BCUT2D eigenvalue weighted by Gasteiger charge is 2.10. The van der Waals surface area contributed by atoms with Crippen molar-refractivity contribution in [1.82, 2.24) is 19.9 Å². The van der Waals surface area contributed by atoms with E-state index in [2.05, 4.69) is 15.5 Å². The average molecular weight is 344 g/mol. The molecule has 124 valence electrons. The number of hydrogen-bond acceptors (Lipinski definition) is 5. The molecule has 8 heteroatoms. The molecule has 0 atom stereocenters.